The molecule has 0 bridgehead atoms. The molecule has 2 amide bonds. The van der Waals surface area contributed by atoms with Gasteiger partial charge in [-0.2, -0.15) is 0 Å². The number of amides is 2. The number of nitrogens with zero attached hydrogens (tertiary/aromatic N) is 1. The number of carbonyl (C=O) groups is 2. The number of anilines is 1. The van der Waals surface area contributed by atoms with Gasteiger partial charge in [0.15, 0.2) is 0 Å². The molecule has 1 fully saturated rings. The Labute approximate surface area is 114 Å². The lowest BCUT2D eigenvalue weighted by molar-refractivity contribution is -0.140. The molecule has 1 aliphatic rings. The SMILES string of the molecule is COc1cccc(NC(=O)N2CSC[C@@H]2C(=O)O)c1. The van der Waals surface area contributed by atoms with Crippen LogP contribution in [0.25, 0.3) is 0 Å². The lowest BCUT2D eigenvalue weighted by atomic mass is 10.3. The molecule has 1 heterocycles. The maximum atomic E-state index is 12.0. The Bertz CT molecular complexity index is 494. The minimum absolute atomic E-state index is 0.382. The van der Waals surface area contributed by atoms with Crippen molar-refractivity contribution in [3.63, 3.8) is 0 Å². The summed E-state index contributed by atoms with van der Waals surface area (Å²) in [6, 6.07) is 5.74. The summed E-state index contributed by atoms with van der Waals surface area (Å²) in [4.78, 5) is 24.4. The highest BCUT2D eigenvalue weighted by Gasteiger charge is 2.34. The van der Waals surface area contributed by atoms with Gasteiger partial charge in [-0.05, 0) is 12.1 Å². The largest absolute Gasteiger partial charge is 0.497 e. The summed E-state index contributed by atoms with van der Waals surface area (Å²) in [5, 5.41) is 11.7. The van der Waals surface area contributed by atoms with Crippen molar-refractivity contribution < 1.29 is 19.4 Å². The molecule has 0 aromatic heterocycles. The Morgan fingerprint density at radius 1 is 1.53 bits per heavy atom. The van der Waals surface area contributed by atoms with E-state index >= 15 is 0 Å². The van der Waals surface area contributed by atoms with Crippen molar-refractivity contribution in [1.82, 2.24) is 4.90 Å². The lowest BCUT2D eigenvalue weighted by Crippen LogP contribution is -2.43. The third-order valence-electron chi connectivity index (χ3n) is 2.75. The number of benzene rings is 1. The fourth-order valence-electron chi connectivity index (χ4n) is 1.74. The van der Waals surface area contributed by atoms with Crippen molar-refractivity contribution in [1.29, 1.82) is 0 Å². The summed E-state index contributed by atoms with van der Waals surface area (Å²) in [7, 11) is 1.54. The summed E-state index contributed by atoms with van der Waals surface area (Å²) in [5.74, 6) is 0.447. The smallest absolute Gasteiger partial charge is 0.327 e. The molecule has 1 aliphatic heterocycles. The Morgan fingerprint density at radius 2 is 2.32 bits per heavy atom. The van der Waals surface area contributed by atoms with E-state index in [1.807, 2.05) is 0 Å². The second-order valence-corrected chi connectivity index (χ2v) is 4.99. The normalized spacial score (nSPS) is 18.2. The fraction of sp³-hybridized carbons (Fsp3) is 0.333. The monoisotopic (exact) mass is 282 g/mol. The van der Waals surface area contributed by atoms with Crippen LogP contribution in [0.3, 0.4) is 0 Å². The summed E-state index contributed by atoms with van der Waals surface area (Å²) in [5.41, 5.74) is 0.574. The minimum atomic E-state index is -0.981. The van der Waals surface area contributed by atoms with E-state index in [9.17, 15) is 9.59 Å². The molecule has 6 nitrogen and oxygen atoms in total. The molecule has 1 aromatic rings. The first-order valence-electron chi connectivity index (χ1n) is 5.64. The van der Waals surface area contributed by atoms with Gasteiger partial charge in [-0.25, -0.2) is 9.59 Å². The first-order valence-corrected chi connectivity index (χ1v) is 6.79. The van der Waals surface area contributed by atoms with Crippen LogP contribution < -0.4 is 10.1 Å². The molecule has 102 valence electrons. The zero-order valence-corrected chi connectivity index (χ0v) is 11.1. The molecule has 0 radical (unpaired) electrons. The van der Waals surface area contributed by atoms with Gasteiger partial charge in [0.05, 0.1) is 13.0 Å². The Balaban J connectivity index is 2.06. The molecule has 1 atom stereocenters. The molecular formula is C12H14N2O4S. The lowest BCUT2D eigenvalue weighted by Gasteiger charge is -2.21. The highest BCUT2D eigenvalue weighted by molar-refractivity contribution is 7.99. The van der Waals surface area contributed by atoms with Gasteiger partial charge in [0.25, 0.3) is 0 Å². The first-order chi connectivity index (χ1) is 9.11. The molecule has 0 spiro atoms. The summed E-state index contributed by atoms with van der Waals surface area (Å²) >= 11 is 1.42. The standard InChI is InChI=1S/C12H14N2O4S/c1-18-9-4-2-3-8(5-9)13-12(17)14-7-19-6-10(14)11(15)16/h2-5,10H,6-7H2,1H3,(H,13,17)(H,15,16)/t10-/m1/s1. The van der Waals surface area contributed by atoms with E-state index in [-0.39, 0.29) is 0 Å². The van der Waals surface area contributed by atoms with E-state index in [1.165, 1.54) is 16.7 Å². The number of nitrogens with one attached hydrogen (secondary N) is 1. The van der Waals surface area contributed by atoms with Crippen LogP contribution in [-0.2, 0) is 4.79 Å². The van der Waals surface area contributed by atoms with Gasteiger partial charge in [0.2, 0.25) is 0 Å². The highest BCUT2D eigenvalue weighted by atomic mass is 32.2. The van der Waals surface area contributed by atoms with Gasteiger partial charge in [-0.3, -0.25) is 0 Å². The molecule has 2 N–H and O–H groups in total. The number of hydrogen-bond donors (Lipinski definition) is 2. The molecule has 1 saturated heterocycles. The maximum Gasteiger partial charge on any atom is 0.327 e. The molecule has 0 saturated carbocycles. The quantitative estimate of drug-likeness (QED) is 0.882. The fourth-order valence-corrected chi connectivity index (χ4v) is 2.89. The summed E-state index contributed by atoms with van der Waals surface area (Å²) in [6.07, 6.45) is 0. The van der Waals surface area contributed by atoms with Crippen LogP contribution in [0.15, 0.2) is 24.3 Å². The molecule has 2 rings (SSSR count). The first kappa shape index (κ1) is 13.5. The van der Waals surface area contributed by atoms with E-state index in [1.54, 1.807) is 31.4 Å². The number of methoxy groups -OCH3 is 1. The van der Waals surface area contributed by atoms with Gasteiger partial charge < -0.3 is 20.1 Å². The molecule has 0 aliphatic carbocycles. The maximum absolute atomic E-state index is 12.0. The van der Waals surface area contributed by atoms with E-state index in [0.717, 1.165) is 0 Å². The second-order valence-electron chi connectivity index (χ2n) is 3.99. The Kier molecular flexibility index (Phi) is 4.16. The summed E-state index contributed by atoms with van der Waals surface area (Å²) < 4.78 is 5.06. The zero-order valence-electron chi connectivity index (χ0n) is 10.3. The number of thioether (sulfide) groups is 1. The number of carboxylic acids is 1. The number of rotatable bonds is 3. The third-order valence-corrected chi connectivity index (χ3v) is 3.76. The summed E-state index contributed by atoms with van der Waals surface area (Å²) in [6.45, 7) is 0. The van der Waals surface area contributed by atoms with Crippen molar-refractivity contribution in [2.24, 2.45) is 0 Å². The third kappa shape index (κ3) is 3.11. The number of aliphatic carboxylic acids is 1. The highest BCUT2D eigenvalue weighted by Crippen LogP contribution is 2.23. The van der Waals surface area contributed by atoms with Crippen LogP contribution in [0.1, 0.15) is 0 Å². The van der Waals surface area contributed by atoms with Crippen molar-refractivity contribution in [2.75, 3.05) is 24.1 Å². The van der Waals surface area contributed by atoms with Gasteiger partial charge in [0.1, 0.15) is 11.8 Å². The van der Waals surface area contributed by atoms with Crippen LogP contribution in [0.4, 0.5) is 10.5 Å². The van der Waals surface area contributed by atoms with Crippen LogP contribution in [0.2, 0.25) is 0 Å². The van der Waals surface area contributed by atoms with Crippen molar-refractivity contribution >= 4 is 29.4 Å². The zero-order chi connectivity index (χ0) is 13.8. The van der Waals surface area contributed by atoms with Crippen LogP contribution in [0, 0.1) is 0 Å². The second kappa shape index (κ2) is 5.83. The number of carboxylic acid groups (broad SMARTS) is 1. The average Bonchev–Trinajstić information content (AvgIpc) is 2.88. The number of urea groups is 1. The molecule has 19 heavy (non-hydrogen) atoms. The van der Waals surface area contributed by atoms with E-state index in [2.05, 4.69) is 5.32 Å². The van der Waals surface area contributed by atoms with E-state index in [4.69, 9.17) is 9.84 Å². The Morgan fingerprint density at radius 3 is 3.00 bits per heavy atom. The van der Waals surface area contributed by atoms with Gasteiger partial charge in [-0.15, -0.1) is 11.8 Å². The van der Waals surface area contributed by atoms with Crippen molar-refractivity contribution in [3.05, 3.63) is 24.3 Å². The van der Waals surface area contributed by atoms with Crippen LogP contribution >= 0.6 is 11.8 Å². The topological polar surface area (TPSA) is 78.9 Å². The number of carbonyl (C=O) groups excluding carboxylic acids is 1. The Hall–Kier alpha value is -1.89. The molecule has 7 heteroatoms. The molecular weight excluding hydrogens is 268 g/mol. The van der Waals surface area contributed by atoms with Gasteiger partial charge >= 0.3 is 12.0 Å². The van der Waals surface area contributed by atoms with Crippen molar-refractivity contribution in [3.8, 4) is 5.75 Å². The van der Waals surface area contributed by atoms with E-state index in [0.29, 0.717) is 23.1 Å². The molecule has 1 aromatic carbocycles. The van der Waals surface area contributed by atoms with Crippen LogP contribution in [0.5, 0.6) is 5.75 Å². The van der Waals surface area contributed by atoms with Crippen molar-refractivity contribution in [2.45, 2.75) is 6.04 Å². The van der Waals surface area contributed by atoms with Gasteiger partial charge in [-0.1, -0.05) is 6.07 Å². The number of hydrogen-bond acceptors (Lipinski definition) is 4. The predicted molar refractivity (Wildman–Crippen MR) is 72.6 cm³/mol. The number of ether oxygens (including phenoxy) is 1. The van der Waals surface area contributed by atoms with E-state index < -0.39 is 18.0 Å². The average molecular weight is 282 g/mol. The molecule has 0 unspecified atom stereocenters. The predicted octanol–water partition coefficient (Wildman–Crippen LogP) is 1.69. The minimum Gasteiger partial charge on any atom is -0.497 e. The van der Waals surface area contributed by atoms with Gasteiger partial charge in [0, 0.05) is 17.5 Å². The van der Waals surface area contributed by atoms with Crippen LogP contribution in [-0.4, -0.2) is 46.8 Å².